The molecule has 1 aromatic carbocycles. The Morgan fingerprint density at radius 3 is 2.60 bits per heavy atom. The van der Waals surface area contributed by atoms with Gasteiger partial charge in [0.15, 0.2) is 21.2 Å². The Balaban J connectivity index is 3.13. The van der Waals surface area contributed by atoms with E-state index in [0.717, 1.165) is 3.57 Å². The zero-order chi connectivity index (χ0) is 11.4. The van der Waals surface area contributed by atoms with Gasteiger partial charge in [0.2, 0.25) is 5.91 Å². The Morgan fingerprint density at radius 1 is 1.40 bits per heavy atom. The maximum Gasteiger partial charge on any atom is 0.259 e. The van der Waals surface area contributed by atoms with E-state index in [1.165, 1.54) is 6.92 Å². The van der Waals surface area contributed by atoms with Gasteiger partial charge in [-0.05, 0) is 34.7 Å². The molecular formula is C9H7I2NO3. The minimum absolute atomic E-state index is 0.319. The first kappa shape index (κ1) is 12.7. The molecular weight excluding hydrogens is 424 g/mol. The summed E-state index contributed by atoms with van der Waals surface area (Å²) in [6.45, 7) is 1.26. The van der Waals surface area contributed by atoms with Crippen LogP contribution in [0, 0.1) is 7.14 Å². The minimum atomic E-state index is -1.42. The smallest absolute Gasteiger partial charge is 0.259 e. The standard InChI is InChI=1S/C9H7I2NO3/c1-5(13)12-9(14)6-3-2-4-7(10)8(6)11-15/h2-4H,1H3,(H,12,13,14). The molecule has 0 spiro atoms. The van der Waals surface area contributed by atoms with Gasteiger partial charge in [0.1, 0.15) is 0 Å². The number of amides is 2. The van der Waals surface area contributed by atoms with E-state index in [-0.39, 0.29) is 0 Å². The molecule has 0 fully saturated rings. The van der Waals surface area contributed by atoms with E-state index in [1.807, 2.05) is 22.6 Å². The summed E-state index contributed by atoms with van der Waals surface area (Å²) in [4.78, 5) is 22.2. The van der Waals surface area contributed by atoms with Crippen molar-refractivity contribution in [3.8, 4) is 0 Å². The van der Waals surface area contributed by atoms with Crippen molar-refractivity contribution >= 4 is 55.6 Å². The Hall–Kier alpha value is -0.380. The summed E-state index contributed by atoms with van der Waals surface area (Å²) in [5.74, 6) is -0.916. The Labute approximate surface area is 111 Å². The second-order valence-corrected chi connectivity index (χ2v) is 5.37. The van der Waals surface area contributed by atoms with Gasteiger partial charge in [0, 0.05) is 10.5 Å². The molecule has 2 amide bonds. The molecule has 1 N–H and O–H groups in total. The molecule has 0 saturated heterocycles. The SMILES string of the molecule is CC(=O)NC(=O)c1cccc(I)c1I=O. The third-order valence-corrected chi connectivity index (χ3v) is 5.10. The molecule has 0 saturated carbocycles. The van der Waals surface area contributed by atoms with E-state index in [9.17, 15) is 12.7 Å². The number of benzene rings is 1. The number of nitrogens with one attached hydrogen (secondary N) is 1. The first-order valence-corrected chi connectivity index (χ1v) is 6.97. The normalized spacial score (nSPS) is 9.73. The molecule has 0 aliphatic carbocycles. The van der Waals surface area contributed by atoms with Crippen LogP contribution in [0.4, 0.5) is 0 Å². The lowest BCUT2D eigenvalue weighted by molar-refractivity contribution is -0.118. The van der Waals surface area contributed by atoms with Gasteiger partial charge in [-0.15, -0.1) is 0 Å². The van der Waals surface area contributed by atoms with Crippen molar-refractivity contribution in [2.75, 3.05) is 0 Å². The van der Waals surface area contributed by atoms with Crippen molar-refractivity contribution in [1.82, 2.24) is 5.32 Å². The second-order valence-electron chi connectivity index (χ2n) is 2.69. The van der Waals surface area contributed by atoms with Crippen LogP contribution >= 0.6 is 43.8 Å². The third-order valence-electron chi connectivity index (χ3n) is 1.56. The quantitative estimate of drug-likeness (QED) is 0.730. The molecule has 0 radical (unpaired) electrons. The van der Waals surface area contributed by atoms with Crippen LogP contribution in [0.25, 0.3) is 0 Å². The first-order chi connectivity index (χ1) is 7.06. The van der Waals surface area contributed by atoms with Gasteiger partial charge >= 0.3 is 0 Å². The maximum absolute atomic E-state index is 11.5. The Bertz CT molecular complexity index is 431. The van der Waals surface area contributed by atoms with Gasteiger partial charge in [-0.25, -0.2) is 0 Å². The van der Waals surface area contributed by atoms with Crippen LogP contribution in [0.3, 0.4) is 0 Å². The van der Waals surface area contributed by atoms with Crippen molar-refractivity contribution in [3.63, 3.8) is 0 Å². The Kier molecular flexibility index (Phi) is 4.77. The molecule has 0 aliphatic heterocycles. The fraction of sp³-hybridized carbons (Fsp3) is 0.111. The largest absolute Gasteiger partial charge is 0.293 e. The van der Waals surface area contributed by atoms with E-state index < -0.39 is 33.0 Å². The van der Waals surface area contributed by atoms with Crippen molar-refractivity contribution in [1.29, 1.82) is 0 Å². The average molecular weight is 431 g/mol. The Morgan fingerprint density at radius 2 is 2.07 bits per heavy atom. The van der Waals surface area contributed by atoms with Crippen molar-refractivity contribution in [3.05, 3.63) is 30.9 Å². The topological polar surface area (TPSA) is 63.2 Å². The summed E-state index contributed by atoms with van der Waals surface area (Å²) < 4.78 is 12.3. The predicted molar refractivity (Wildman–Crippen MR) is 70.7 cm³/mol. The lowest BCUT2D eigenvalue weighted by Gasteiger charge is -2.04. The molecule has 0 atom stereocenters. The van der Waals surface area contributed by atoms with Gasteiger partial charge in [0.05, 0.1) is 9.13 Å². The van der Waals surface area contributed by atoms with Crippen molar-refractivity contribution < 1.29 is 12.7 Å². The number of hydrogen-bond donors (Lipinski definition) is 1. The van der Waals surface area contributed by atoms with E-state index in [1.54, 1.807) is 18.2 Å². The summed E-state index contributed by atoms with van der Waals surface area (Å²) in [5.41, 5.74) is 0.319. The molecule has 80 valence electrons. The maximum atomic E-state index is 11.5. The fourth-order valence-electron chi connectivity index (χ4n) is 0.985. The highest BCUT2D eigenvalue weighted by molar-refractivity contribution is 14.2. The number of carbonyl (C=O) groups is 2. The van der Waals surface area contributed by atoms with Gasteiger partial charge in [-0.2, -0.15) is 0 Å². The second kappa shape index (κ2) is 5.64. The van der Waals surface area contributed by atoms with Crippen molar-refractivity contribution in [2.45, 2.75) is 6.92 Å². The number of halogens is 2. The number of carbonyl (C=O) groups excluding carboxylic acids is 2. The molecule has 0 heterocycles. The molecule has 4 nitrogen and oxygen atoms in total. The zero-order valence-corrected chi connectivity index (χ0v) is 12.0. The summed E-state index contributed by atoms with van der Waals surface area (Å²) in [6, 6.07) is 5.03. The highest BCUT2D eigenvalue weighted by Gasteiger charge is 2.14. The van der Waals surface area contributed by atoms with Crippen LogP contribution in [-0.4, -0.2) is 11.8 Å². The molecule has 6 heteroatoms. The van der Waals surface area contributed by atoms with E-state index in [0.29, 0.717) is 9.13 Å². The van der Waals surface area contributed by atoms with E-state index in [4.69, 9.17) is 0 Å². The zero-order valence-electron chi connectivity index (χ0n) is 7.71. The molecule has 1 aromatic rings. The highest BCUT2D eigenvalue weighted by Crippen LogP contribution is 2.22. The van der Waals surface area contributed by atoms with Crippen LogP contribution in [0.5, 0.6) is 0 Å². The summed E-state index contributed by atoms with van der Waals surface area (Å²) in [6.07, 6.45) is 0. The van der Waals surface area contributed by atoms with Gasteiger partial charge in [-0.1, -0.05) is 6.07 Å². The van der Waals surface area contributed by atoms with Crippen LogP contribution < -0.4 is 5.32 Å². The third kappa shape index (κ3) is 3.30. The lowest BCUT2D eigenvalue weighted by atomic mass is 10.2. The van der Waals surface area contributed by atoms with Crippen LogP contribution in [0.15, 0.2) is 18.2 Å². The summed E-state index contributed by atoms with van der Waals surface area (Å²) in [7, 11) is 0. The monoisotopic (exact) mass is 431 g/mol. The number of rotatable bonds is 2. The summed E-state index contributed by atoms with van der Waals surface area (Å²) >= 11 is 0.592. The average Bonchev–Trinajstić information content (AvgIpc) is 2.16. The van der Waals surface area contributed by atoms with Gasteiger partial charge in [0.25, 0.3) is 5.91 Å². The minimum Gasteiger partial charge on any atom is -0.293 e. The molecule has 0 bridgehead atoms. The molecule has 1 rings (SSSR count). The fourth-order valence-corrected chi connectivity index (χ4v) is 3.09. The summed E-state index contributed by atoms with van der Waals surface area (Å²) in [5, 5.41) is 2.16. The van der Waals surface area contributed by atoms with Crippen molar-refractivity contribution in [2.24, 2.45) is 0 Å². The number of hydrogen-bond acceptors (Lipinski definition) is 3. The van der Waals surface area contributed by atoms with E-state index >= 15 is 0 Å². The van der Waals surface area contributed by atoms with Crippen LogP contribution in [0.2, 0.25) is 0 Å². The number of imide groups is 1. The highest BCUT2D eigenvalue weighted by atomic mass is 127. The van der Waals surface area contributed by atoms with Crippen LogP contribution in [0.1, 0.15) is 17.3 Å². The van der Waals surface area contributed by atoms with Crippen LogP contribution in [-0.2, 0) is 7.86 Å². The molecule has 0 aliphatic rings. The van der Waals surface area contributed by atoms with Gasteiger partial charge in [-0.3, -0.25) is 18.0 Å². The van der Waals surface area contributed by atoms with Gasteiger partial charge < -0.3 is 0 Å². The molecule has 15 heavy (non-hydrogen) atoms. The molecule has 0 unspecified atom stereocenters. The molecule has 0 aromatic heterocycles. The van der Waals surface area contributed by atoms with E-state index in [2.05, 4.69) is 5.32 Å². The predicted octanol–water partition coefficient (Wildman–Crippen LogP) is 2.05. The lowest BCUT2D eigenvalue weighted by Crippen LogP contribution is -2.28. The first-order valence-electron chi connectivity index (χ1n) is 3.93.